The van der Waals surface area contributed by atoms with Gasteiger partial charge in [0.05, 0.1) is 10.7 Å². The molecular formula is C18H24N2S. The van der Waals surface area contributed by atoms with Crippen molar-refractivity contribution in [3.63, 3.8) is 0 Å². The largest absolute Gasteiger partial charge is 0.326 e. The summed E-state index contributed by atoms with van der Waals surface area (Å²) in [6.07, 6.45) is 6.72. The quantitative estimate of drug-likeness (QED) is 0.867. The average Bonchev–Trinajstić information content (AvgIpc) is 3.05. The van der Waals surface area contributed by atoms with Crippen molar-refractivity contribution >= 4 is 11.3 Å². The lowest BCUT2D eigenvalue weighted by Gasteiger charge is -2.26. The van der Waals surface area contributed by atoms with Crippen LogP contribution in [-0.4, -0.2) is 4.98 Å². The molecule has 0 spiro atoms. The van der Waals surface area contributed by atoms with Gasteiger partial charge in [0.15, 0.2) is 0 Å². The molecule has 1 aromatic carbocycles. The van der Waals surface area contributed by atoms with Crippen molar-refractivity contribution in [3.05, 3.63) is 40.2 Å². The van der Waals surface area contributed by atoms with Gasteiger partial charge in [0.1, 0.15) is 0 Å². The SMILES string of the molecule is CCC1CCCC(c2nc(-c3cccc(CN)c3)cs2)C1. The molecule has 2 nitrogen and oxygen atoms in total. The number of hydrogen-bond acceptors (Lipinski definition) is 3. The van der Waals surface area contributed by atoms with Crippen molar-refractivity contribution < 1.29 is 0 Å². The summed E-state index contributed by atoms with van der Waals surface area (Å²) in [5.41, 5.74) is 9.22. The summed E-state index contributed by atoms with van der Waals surface area (Å²) in [5.74, 6) is 1.58. The van der Waals surface area contributed by atoms with Gasteiger partial charge in [0.2, 0.25) is 0 Å². The van der Waals surface area contributed by atoms with E-state index < -0.39 is 0 Å². The van der Waals surface area contributed by atoms with Crippen LogP contribution in [0, 0.1) is 5.92 Å². The maximum absolute atomic E-state index is 5.73. The van der Waals surface area contributed by atoms with Crippen LogP contribution in [0.5, 0.6) is 0 Å². The molecule has 0 aliphatic heterocycles. The molecule has 0 radical (unpaired) electrons. The lowest BCUT2D eigenvalue weighted by molar-refractivity contribution is 0.314. The zero-order valence-electron chi connectivity index (χ0n) is 12.7. The molecule has 0 amide bonds. The van der Waals surface area contributed by atoms with Crippen molar-refractivity contribution in [3.8, 4) is 11.3 Å². The van der Waals surface area contributed by atoms with Crippen LogP contribution in [0.25, 0.3) is 11.3 Å². The molecule has 1 aliphatic carbocycles. The Bertz CT molecular complexity index is 590. The topological polar surface area (TPSA) is 38.9 Å². The zero-order valence-corrected chi connectivity index (χ0v) is 13.5. The van der Waals surface area contributed by atoms with E-state index in [-0.39, 0.29) is 0 Å². The van der Waals surface area contributed by atoms with E-state index >= 15 is 0 Å². The van der Waals surface area contributed by atoms with E-state index in [4.69, 9.17) is 10.7 Å². The highest BCUT2D eigenvalue weighted by molar-refractivity contribution is 7.10. The number of rotatable bonds is 4. The number of benzene rings is 1. The van der Waals surface area contributed by atoms with Crippen LogP contribution in [-0.2, 0) is 6.54 Å². The van der Waals surface area contributed by atoms with Gasteiger partial charge in [0.25, 0.3) is 0 Å². The molecule has 1 heterocycles. The van der Waals surface area contributed by atoms with E-state index in [2.05, 4.69) is 36.6 Å². The Morgan fingerprint density at radius 2 is 2.24 bits per heavy atom. The maximum atomic E-state index is 5.73. The van der Waals surface area contributed by atoms with Gasteiger partial charge < -0.3 is 5.73 Å². The first-order valence-corrected chi connectivity index (χ1v) is 8.93. The third kappa shape index (κ3) is 3.35. The Hall–Kier alpha value is -1.19. The van der Waals surface area contributed by atoms with E-state index in [1.54, 1.807) is 0 Å². The lowest BCUT2D eigenvalue weighted by Crippen LogP contribution is -2.13. The lowest BCUT2D eigenvalue weighted by atomic mass is 9.80. The summed E-state index contributed by atoms with van der Waals surface area (Å²) in [7, 11) is 0. The maximum Gasteiger partial charge on any atom is 0.0963 e. The van der Waals surface area contributed by atoms with Gasteiger partial charge in [-0.25, -0.2) is 4.98 Å². The fraction of sp³-hybridized carbons (Fsp3) is 0.500. The number of hydrogen-bond donors (Lipinski definition) is 1. The van der Waals surface area contributed by atoms with E-state index in [1.165, 1.54) is 48.2 Å². The predicted octanol–water partition coefficient (Wildman–Crippen LogP) is 4.95. The Morgan fingerprint density at radius 3 is 3.05 bits per heavy atom. The molecule has 3 rings (SSSR count). The van der Waals surface area contributed by atoms with E-state index in [0.717, 1.165) is 11.6 Å². The Balaban J connectivity index is 1.79. The Morgan fingerprint density at radius 1 is 1.33 bits per heavy atom. The minimum Gasteiger partial charge on any atom is -0.326 e. The minimum absolute atomic E-state index is 0.589. The minimum atomic E-state index is 0.589. The van der Waals surface area contributed by atoms with Crippen LogP contribution < -0.4 is 5.73 Å². The van der Waals surface area contributed by atoms with Gasteiger partial charge in [-0.05, 0) is 30.4 Å². The van der Waals surface area contributed by atoms with E-state index in [1.807, 2.05) is 11.3 Å². The van der Waals surface area contributed by atoms with Crippen molar-refractivity contribution in [2.45, 2.75) is 51.5 Å². The van der Waals surface area contributed by atoms with Crippen LogP contribution in [0.4, 0.5) is 0 Å². The molecule has 1 aliphatic rings. The normalized spacial score (nSPS) is 22.4. The standard InChI is InChI=1S/C18H24N2S/c1-2-13-5-3-8-16(9-13)18-20-17(12-21-18)15-7-4-6-14(10-15)11-19/h4,6-7,10,12-13,16H,2-3,5,8-9,11,19H2,1H3. The average molecular weight is 300 g/mol. The molecule has 1 saturated carbocycles. The summed E-state index contributed by atoms with van der Waals surface area (Å²) < 4.78 is 0. The Labute approximate surface area is 131 Å². The second kappa shape index (κ2) is 6.71. The molecule has 2 aromatic rings. The second-order valence-electron chi connectivity index (χ2n) is 6.11. The summed E-state index contributed by atoms with van der Waals surface area (Å²) in [6, 6.07) is 8.44. The molecule has 0 saturated heterocycles. The van der Waals surface area contributed by atoms with Gasteiger partial charge in [-0.3, -0.25) is 0 Å². The van der Waals surface area contributed by atoms with Gasteiger partial charge in [0, 0.05) is 23.4 Å². The molecule has 1 aromatic heterocycles. The fourth-order valence-electron chi connectivity index (χ4n) is 3.35. The van der Waals surface area contributed by atoms with Crippen molar-refractivity contribution in [2.24, 2.45) is 11.7 Å². The fourth-order valence-corrected chi connectivity index (χ4v) is 4.33. The van der Waals surface area contributed by atoms with E-state index in [9.17, 15) is 0 Å². The monoisotopic (exact) mass is 300 g/mol. The predicted molar refractivity (Wildman–Crippen MR) is 90.4 cm³/mol. The first kappa shape index (κ1) is 14.7. The third-order valence-electron chi connectivity index (χ3n) is 4.69. The second-order valence-corrected chi connectivity index (χ2v) is 7.00. The zero-order chi connectivity index (χ0) is 14.7. The first-order chi connectivity index (χ1) is 10.3. The Kier molecular flexibility index (Phi) is 4.71. The molecule has 112 valence electrons. The molecular weight excluding hydrogens is 276 g/mol. The third-order valence-corrected chi connectivity index (χ3v) is 5.70. The van der Waals surface area contributed by atoms with Crippen LogP contribution in [0.15, 0.2) is 29.6 Å². The first-order valence-electron chi connectivity index (χ1n) is 8.05. The summed E-state index contributed by atoms with van der Waals surface area (Å²) in [4.78, 5) is 4.93. The highest BCUT2D eigenvalue weighted by Crippen LogP contribution is 2.39. The van der Waals surface area contributed by atoms with Crippen LogP contribution in [0.3, 0.4) is 0 Å². The highest BCUT2D eigenvalue weighted by Gasteiger charge is 2.24. The van der Waals surface area contributed by atoms with Crippen LogP contribution in [0.2, 0.25) is 0 Å². The molecule has 2 atom stereocenters. The van der Waals surface area contributed by atoms with Gasteiger partial charge in [-0.1, -0.05) is 44.4 Å². The number of thiazole rings is 1. The molecule has 2 unspecified atom stereocenters. The number of nitrogens with zero attached hydrogens (tertiary/aromatic N) is 1. The van der Waals surface area contributed by atoms with Crippen molar-refractivity contribution in [2.75, 3.05) is 0 Å². The van der Waals surface area contributed by atoms with Crippen molar-refractivity contribution in [1.29, 1.82) is 0 Å². The number of nitrogens with two attached hydrogens (primary N) is 1. The summed E-state index contributed by atoms with van der Waals surface area (Å²) >= 11 is 1.83. The van der Waals surface area contributed by atoms with Gasteiger partial charge >= 0.3 is 0 Å². The summed E-state index contributed by atoms with van der Waals surface area (Å²) in [6.45, 7) is 2.91. The van der Waals surface area contributed by atoms with Gasteiger partial charge in [-0.15, -0.1) is 11.3 Å². The molecule has 1 fully saturated rings. The molecule has 2 N–H and O–H groups in total. The van der Waals surface area contributed by atoms with Gasteiger partial charge in [-0.2, -0.15) is 0 Å². The summed E-state index contributed by atoms with van der Waals surface area (Å²) in [5, 5.41) is 3.54. The number of aromatic nitrogens is 1. The molecule has 21 heavy (non-hydrogen) atoms. The van der Waals surface area contributed by atoms with Crippen LogP contribution >= 0.6 is 11.3 Å². The molecule has 0 bridgehead atoms. The van der Waals surface area contributed by atoms with Crippen molar-refractivity contribution in [1.82, 2.24) is 4.98 Å². The van der Waals surface area contributed by atoms with Crippen LogP contribution in [0.1, 0.15) is 55.5 Å². The highest BCUT2D eigenvalue weighted by atomic mass is 32.1. The van der Waals surface area contributed by atoms with E-state index in [0.29, 0.717) is 12.5 Å². The smallest absolute Gasteiger partial charge is 0.0963 e. The molecule has 3 heteroatoms.